The number of anilines is 2. The molecule has 0 unspecified atom stereocenters. The quantitative estimate of drug-likeness (QED) is 0.362. The van der Waals surface area contributed by atoms with Gasteiger partial charge in [0.05, 0.1) is 22.8 Å². The van der Waals surface area contributed by atoms with E-state index in [0.717, 1.165) is 17.1 Å². The molecule has 1 aliphatic rings. The molecule has 2 aromatic heterocycles. The fraction of sp³-hybridized carbons (Fsp3) is 0.259. The third-order valence-corrected chi connectivity index (χ3v) is 6.58. The van der Waals surface area contributed by atoms with Gasteiger partial charge in [-0.1, -0.05) is 11.6 Å². The van der Waals surface area contributed by atoms with Crippen LogP contribution >= 0.6 is 11.6 Å². The number of carbonyl (C=O) groups is 1. The number of fused-ring (bicyclic) bond motifs is 2. The second-order valence-corrected chi connectivity index (χ2v) is 9.26. The molecule has 5 rings (SSSR count). The number of nitrogens with one attached hydrogen (secondary N) is 2. The summed E-state index contributed by atoms with van der Waals surface area (Å²) in [6.45, 7) is 3.20. The zero-order chi connectivity index (χ0) is 25.4. The van der Waals surface area contributed by atoms with E-state index in [1.165, 1.54) is 12.1 Å². The van der Waals surface area contributed by atoms with Crippen molar-refractivity contribution in [1.29, 1.82) is 0 Å². The highest BCUT2D eigenvalue weighted by Gasteiger charge is 2.29. The van der Waals surface area contributed by atoms with E-state index < -0.39 is 0 Å². The lowest BCUT2D eigenvalue weighted by Crippen LogP contribution is -2.34. The summed E-state index contributed by atoms with van der Waals surface area (Å²) in [6.07, 6.45) is 1.25. The number of aromatic nitrogens is 1. The Balaban J connectivity index is 1.49. The summed E-state index contributed by atoms with van der Waals surface area (Å²) in [6, 6.07) is 13.4. The van der Waals surface area contributed by atoms with Crippen LogP contribution in [-0.2, 0) is 4.74 Å². The molecule has 4 aromatic rings. The minimum atomic E-state index is -0.355. The van der Waals surface area contributed by atoms with E-state index in [1.807, 2.05) is 32.2 Å². The Labute approximate surface area is 213 Å². The number of furan rings is 1. The van der Waals surface area contributed by atoms with Gasteiger partial charge >= 0.3 is 0 Å². The second-order valence-electron chi connectivity index (χ2n) is 8.82. The van der Waals surface area contributed by atoms with Crippen LogP contribution in [0.4, 0.5) is 15.9 Å². The molecule has 186 valence electrons. The fourth-order valence-electron chi connectivity index (χ4n) is 4.58. The molecule has 36 heavy (non-hydrogen) atoms. The van der Waals surface area contributed by atoms with Crippen LogP contribution in [-0.4, -0.2) is 44.2 Å². The molecule has 1 amide bonds. The largest absolute Gasteiger partial charge is 0.455 e. The molecule has 7 nitrogen and oxygen atoms in total. The van der Waals surface area contributed by atoms with E-state index in [1.54, 1.807) is 31.4 Å². The van der Waals surface area contributed by atoms with Crippen molar-refractivity contribution < 1.29 is 18.3 Å². The van der Waals surface area contributed by atoms with Gasteiger partial charge in [0.25, 0.3) is 5.91 Å². The predicted molar refractivity (Wildman–Crippen MR) is 139 cm³/mol. The van der Waals surface area contributed by atoms with Crippen LogP contribution in [0.5, 0.6) is 0 Å². The van der Waals surface area contributed by atoms with E-state index in [4.69, 9.17) is 20.8 Å². The van der Waals surface area contributed by atoms with Gasteiger partial charge in [0, 0.05) is 61.6 Å². The SMILES string of the molecule is CNC(=O)c1c(-c2ccc(F)cc2)oc2cc3c(cc12)[C@H](C)O[C@H](CNc1ccc(Cl)cn1)CN3C. The monoisotopic (exact) mass is 508 g/mol. The van der Waals surface area contributed by atoms with Crippen molar-refractivity contribution >= 4 is 40.0 Å². The van der Waals surface area contributed by atoms with Crippen molar-refractivity contribution in [2.45, 2.75) is 19.1 Å². The number of halogens is 2. The highest BCUT2D eigenvalue weighted by atomic mass is 35.5. The number of likely N-dealkylation sites (N-methyl/N-ethyl adjacent to an activating group) is 1. The summed E-state index contributed by atoms with van der Waals surface area (Å²) in [5.74, 6) is 0.493. The van der Waals surface area contributed by atoms with E-state index in [9.17, 15) is 9.18 Å². The molecule has 2 aromatic carbocycles. The van der Waals surface area contributed by atoms with Gasteiger partial charge in [-0.25, -0.2) is 9.37 Å². The van der Waals surface area contributed by atoms with Crippen LogP contribution in [0.1, 0.15) is 28.9 Å². The molecule has 1 aliphatic heterocycles. The summed E-state index contributed by atoms with van der Waals surface area (Å²) in [4.78, 5) is 19.3. The van der Waals surface area contributed by atoms with E-state index >= 15 is 0 Å². The smallest absolute Gasteiger partial charge is 0.255 e. The normalized spacial score (nSPS) is 17.5. The molecule has 0 bridgehead atoms. The van der Waals surface area contributed by atoms with Gasteiger partial charge in [0.15, 0.2) is 0 Å². The van der Waals surface area contributed by atoms with Gasteiger partial charge in [0.2, 0.25) is 0 Å². The number of amides is 1. The van der Waals surface area contributed by atoms with Crippen molar-refractivity contribution in [1.82, 2.24) is 10.3 Å². The van der Waals surface area contributed by atoms with Gasteiger partial charge in [-0.3, -0.25) is 4.79 Å². The van der Waals surface area contributed by atoms with Crippen molar-refractivity contribution in [3.63, 3.8) is 0 Å². The summed E-state index contributed by atoms with van der Waals surface area (Å²) in [5, 5.41) is 7.27. The van der Waals surface area contributed by atoms with Gasteiger partial charge < -0.3 is 24.7 Å². The van der Waals surface area contributed by atoms with Crippen LogP contribution in [0.25, 0.3) is 22.3 Å². The summed E-state index contributed by atoms with van der Waals surface area (Å²) in [5.41, 5.74) is 3.53. The summed E-state index contributed by atoms with van der Waals surface area (Å²) < 4.78 is 26.1. The molecule has 0 fully saturated rings. The number of carbonyl (C=O) groups excluding carboxylic acids is 1. The maximum absolute atomic E-state index is 13.5. The minimum Gasteiger partial charge on any atom is -0.455 e. The van der Waals surface area contributed by atoms with Crippen molar-refractivity contribution in [3.05, 3.63) is 76.7 Å². The van der Waals surface area contributed by atoms with Crippen LogP contribution in [0.15, 0.2) is 59.1 Å². The Morgan fingerprint density at radius 2 is 2.00 bits per heavy atom. The molecule has 0 spiro atoms. The first-order valence-electron chi connectivity index (χ1n) is 11.6. The van der Waals surface area contributed by atoms with E-state index in [2.05, 4.69) is 20.5 Å². The lowest BCUT2D eigenvalue weighted by atomic mass is 10.00. The number of hydrogen-bond acceptors (Lipinski definition) is 6. The number of nitrogens with zero attached hydrogens (tertiary/aromatic N) is 2. The van der Waals surface area contributed by atoms with Crippen LogP contribution < -0.4 is 15.5 Å². The third kappa shape index (κ3) is 4.62. The number of hydrogen-bond donors (Lipinski definition) is 2. The number of benzene rings is 2. The highest BCUT2D eigenvalue weighted by molar-refractivity contribution is 6.30. The Bertz CT molecular complexity index is 1410. The molecule has 0 aliphatic carbocycles. The van der Waals surface area contributed by atoms with Crippen molar-refractivity contribution in [2.75, 3.05) is 37.4 Å². The molecular weight excluding hydrogens is 483 g/mol. The van der Waals surface area contributed by atoms with Crippen LogP contribution in [0.3, 0.4) is 0 Å². The average Bonchev–Trinajstić information content (AvgIpc) is 3.20. The molecule has 9 heteroatoms. The molecule has 0 saturated heterocycles. The molecule has 0 saturated carbocycles. The maximum Gasteiger partial charge on any atom is 0.255 e. The molecular formula is C27H26ClFN4O3. The third-order valence-electron chi connectivity index (χ3n) is 6.36. The number of rotatable bonds is 5. The Morgan fingerprint density at radius 1 is 1.22 bits per heavy atom. The van der Waals surface area contributed by atoms with Crippen LogP contribution in [0.2, 0.25) is 5.02 Å². The van der Waals surface area contributed by atoms with Crippen molar-refractivity contribution in [3.8, 4) is 11.3 Å². The number of pyridine rings is 1. The minimum absolute atomic E-state index is 0.116. The molecule has 0 radical (unpaired) electrons. The second kappa shape index (κ2) is 9.79. The van der Waals surface area contributed by atoms with Gasteiger partial charge in [-0.05, 0) is 49.4 Å². The van der Waals surface area contributed by atoms with Gasteiger partial charge in [0.1, 0.15) is 23.0 Å². The Morgan fingerprint density at radius 3 is 2.69 bits per heavy atom. The zero-order valence-corrected chi connectivity index (χ0v) is 20.9. The Hall–Kier alpha value is -3.62. The van der Waals surface area contributed by atoms with Crippen molar-refractivity contribution in [2.24, 2.45) is 0 Å². The summed E-state index contributed by atoms with van der Waals surface area (Å²) in [7, 11) is 3.58. The predicted octanol–water partition coefficient (Wildman–Crippen LogP) is 5.66. The highest BCUT2D eigenvalue weighted by Crippen LogP contribution is 2.41. The fourth-order valence-corrected chi connectivity index (χ4v) is 4.69. The van der Waals surface area contributed by atoms with Gasteiger partial charge in [-0.2, -0.15) is 0 Å². The first kappa shape index (κ1) is 24.1. The summed E-state index contributed by atoms with van der Waals surface area (Å²) >= 11 is 5.93. The zero-order valence-electron chi connectivity index (χ0n) is 20.1. The first-order chi connectivity index (χ1) is 17.3. The van der Waals surface area contributed by atoms with Crippen LogP contribution in [0, 0.1) is 5.82 Å². The Kier molecular flexibility index (Phi) is 6.55. The molecule has 2 atom stereocenters. The number of ether oxygens (including phenoxy) is 1. The standard InChI is InChI=1S/C27H26ClFN4O3/c1-15-20-10-21-23(36-26(25(21)27(34)30-2)16-4-7-18(29)8-5-16)11-22(20)33(3)14-19(35-15)13-32-24-9-6-17(28)12-31-24/h4-12,15,19H,13-14H2,1-3H3,(H,30,34)(H,31,32)/t15-,19+/m0/s1. The van der Waals surface area contributed by atoms with E-state index in [-0.39, 0.29) is 23.9 Å². The lowest BCUT2D eigenvalue weighted by molar-refractivity contribution is 0.0135. The maximum atomic E-state index is 13.5. The molecule has 3 heterocycles. The first-order valence-corrected chi connectivity index (χ1v) is 12.0. The van der Waals surface area contributed by atoms with Gasteiger partial charge in [-0.15, -0.1) is 0 Å². The molecule has 2 N–H and O–H groups in total. The topological polar surface area (TPSA) is 79.6 Å². The van der Waals surface area contributed by atoms with E-state index in [0.29, 0.717) is 46.0 Å². The lowest BCUT2D eigenvalue weighted by Gasteiger charge is -2.23. The average molecular weight is 509 g/mol.